The van der Waals surface area contributed by atoms with Gasteiger partial charge in [-0.25, -0.2) is 0 Å². The minimum absolute atomic E-state index is 0.0919. The number of benzene rings is 1. The van der Waals surface area contributed by atoms with Crippen molar-refractivity contribution in [2.75, 3.05) is 0 Å². The summed E-state index contributed by atoms with van der Waals surface area (Å²) in [5, 5.41) is 0. The molecule has 1 aromatic rings. The van der Waals surface area contributed by atoms with Crippen LogP contribution in [0.25, 0.3) is 0 Å². The first kappa shape index (κ1) is 13.5. The topological polar surface area (TPSA) is 47.3 Å². The van der Waals surface area contributed by atoms with Crippen LogP contribution in [0.2, 0.25) is 0 Å². The zero-order valence-corrected chi connectivity index (χ0v) is 11.8. The summed E-state index contributed by atoms with van der Waals surface area (Å²) in [6.07, 6.45) is 2.72. The summed E-state index contributed by atoms with van der Waals surface area (Å²) in [5.41, 5.74) is 8.12. The van der Waals surface area contributed by atoms with E-state index in [4.69, 9.17) is 10.6 Å². The molecular weight excluding hydrogens is 224 g/mol. The molecule has 1 saturated heterocycles. The first-order chi connectivity index (χ1) is 8.52. The summed E-state index contributed by atoms with van der Waals surface area (Å²) >= 11 is 0. The lowest BCUT2D eigenvalue weighted by Gasteiger charge is -2.25. The van der Waals surface area contributed by atoms with Gasteiger partial charge in [0.15, 0.2) is 0 Å². The Hall–Kier alpha value is -0.900. The van der Waals surface area contributed by atoms with Crippen LogP contribution in [0.1, 0.15) is 48.1 Å². The van der Waals surface area contributed by atoms with Crippen LogP contribution in [0, 0.1) is 20.8 Å². The van der Waals surface area contributed by atoms with Crippen LogP contribution < -0.4 is 11.3 Å². The molecular formula is C15H24N2O. The van der Waals surface area contributed by atoms with E-state index in [9.17, 15) is 0 Å². The molecule has 3 heteroatoms. The number of aryl methyl sites for hydroxylation is 3. The summed E-state index contributed by atoms with van der Waals surface area (Å²) in [5.74, 6) is 5.76. The van der Waals surface area contributed by atoms with Crippen molar-refractivity contribution in [3.63, 3.8) is 0 Å². The first-order valence-corrected chi connectivity index (χ1v) is 6.72. The Morgan fingerprint density at radius 2 is 1.83 bits per heavy atom. The molecule has 100 valence electrons. The Morgan fingerprint density at radius 3 is 2.39 bits per heavy atom. The molecule has 1 aromatic carbocycles. The van der Waals surface area contributed by atoms with Crippen molar-refractivity contribution in [2.45, 2.75) is 58.8 Å². The number of hydrazine groups is 1. The molecule has 0 bridgehead atoms. The van der Waals surface area contributed by atoms with Gasteiger partial charge in [0, 0.05) is 0 Å². The van der Waals surface area contributed by atoms with E-state index in [0.29, 0.717) is 6.10 Å². The maximum Gasteiger partial charge on any atom is 0.0787 e. The molecule has 3 unspecified atom stereocenters. The normalized spacial score (nSPS) is 25.4. The SMILES string of the molecule is Cc1cc(C)c(C(NN)C2CCC(C)O2)cc1C. The summed E-state index contributed by atoms with van der Waals surface area (Å²) in [7, 11) is 0. The van der Waals surface area contributed by atoms with Crippen LogP contribution >= 0.6 is 0 Å². The van der Waals surface area contributed by atoms with E-state index >= 15 is 0 Å². The highest BCUT2D eigenvalue weighted by Gasteiger charge is 2.30. The van der Waals surface area contributed by atoms with Gasteiger partial charge in [0.25, 0.3) is 0 Å². The molecule has 0 saturated carbocycles. The Kier molecular flexibility index (Phi) is 4.05. The summed E-state index contributed by atoms with van der Waals surface area (Å²) < 4.78 is 5.95. The monoisotopic (exact) mass is 248 g/mol. The minimum atomic E-state index is 0.0919. The predicted octanol–water partition coefficient (Wildman–Crippen LogP) is 2.68. The molecule has 1 aliphatic heterocycles. The van der Waals surface area contributed by atoms with Gasteiger partial charge in [0.2, 0.25) is 0 Å². The van der Waals surface area contributed by atoms with Gasteiger partial charge in [-0.3, -0.25) is 11.3 Å². The van der Waals surface area contributed by atoms with E-state index in [-0.39, 0.29) is 12.1 Å². The van der Waals surface area contributed by atoms with Crippen LogP contribution in [0.3, 0.4) is 0 Å². The van der Waals surface area contributed by atoms with Gasteiger partial charge in [-0.05, 0) is 62.8 Å². The van der Waals surface area contributed by atoms with E-state index in [1.165, 1.54) is 22.3 Å². The molecule has 0 aromatic heterocycles. The van der Waals surface area contributed by atoms with Crippen LogP contribution in [0.4, 0.5) is 0 Å². The number of ether oxygens (including phenoxy) is 1. The van der Waals surface area contributed by atoms with Crippen molar-refractivity contribution in [3.8, 4) is 0 Å². The second-order valence-electron chi connectivity index (χ2n) is 5.50. The summed E-state index contributed by atoms with van der Waals surface area (Å²) in [6, 6.07) is 4.56. The quantitative estimate of drug-likeness (QED) is 0.638. The van der Waals surface area contributed by atoms with Gasteiger partial charge in [0.1, 0.15) is 0 Å². The molecule has 1 heterocycles. The van der Waals surface area contributed by atoms with Gasteiger partial charge >= 0.3 is 0 Å². The van der Waals surface area contributed by atoms with Crippen LogP contribution in [0.15, 0.2) is 12.1 Å². The fourth-order valence-electron chi connectivity index (χ4n) is 2.79. The molecule has 1 aliphatic rings. The number of hydrogen-bond donors (Lipinski definition) is 2. The average molecular weight is 248 g/mol. The molecule has 0 radical (unpaired) electrons. The van der Waals surface area contributed by atoms with Crippen molar-refractivity contribution in [3.05, 3.63) is 34.4 Å². The van der Waals surface area contributed by atoms with E-state index in [1.807, 2.05) is 0 Å². The second kappa shape index (κ2) is 5.39. The molecule has 1 fully saturated rings. The molecule has 3 N–H and O–H groups in total. The summed E-state index contributed by atoms with van der Waals surface area (Å²) in [6.45, 7) is 8.56. The van der Waals surface area contributed by atoms with E-state index < -0.39 is 0 Å². The number of nitrogens with two attached hydrogens (primary N) is 1. The van der Waals surface area contributed by atoms with Crippen LogP contribution in [0.5, 0.6) is 0 Å². The maximum atomic E-state index is 5.95. The first-order valence-electron chi connectivity index (χ1n) is 6.72. The fourth-order valence-corrected chi connectivity index (χ4v) is 2.79. The lowest BCUT2D eigenvalue weighted by atomic mass is 9.92. The van der Waals surface area contributed by atoms with Gasteiger partial charge < -0.3 is 4.74 Å². The largest absolute Gasteiger partial charge is 0.373 e. The highest BCUT2D eigenvalue weighted by Crippen LogP contribution is 2.32. The Balaban J connectivity index is 2.30. The third kappa shape index (κ3) is 2.58. The molecule has 3 atom stereocenters. The fraction of sp³-hybridized carbons (Fsp3) is 0.600. The zero-order valence-electron chi connectivity index (χ0n) is 11.8. The zero-order chi connectivity index (χ0) is 13.3. The molecule has 2 rings (SSSR count). The van der Waals surface area contributed by atoms with Crippen LogP contribution in [-0.2, 0) is 4.74 Å². The highest BCUT2D eigenvalue weighted by molar-refractivity contribution is 5.38. The number of hydrogen-bond acceptors (Lipinski definition) is 3. The van der Waals surface area contributed by atoms with Gasteiger partial charge in [0.05, 0.1) is 18.2 Å². The van der Waals surface area contributed by atoms with Gasteiger partial charge in [-0.15, -0.1) is 0 Å². The Labute approximate surface area is 110 Å². The van der Waals surface area contributed by atoms with E-state index in [1.54, 1.807) is 0 Å². The third-order valence-electron chi connectivity index (χ3n) is 4.03. The predicted molar refractivity (Wildman–Crippen MR) is 74.3 cm³/mol. The minimum Gasteiger partial charge on any atom is -0.373 e. The second-order valence-corrected chi connectivity index (χ2v) is 5.50. The van der Waals surface area contributed by atoms with Crippen molar-refractivity contribution in [1.82, 2.24) is 5.43 Å². The lowest BCUT2D eigenvalue weighted by Crippen LogP contribution is -2.37. The van der Waals surface area contributed by atoms with Crippen LogP contribution in [-0.4, -0.2) is 12.2 Å². The molecule has 3 nitrogen and oxygen atoms in total. The van der Waals surface area contributed by atoms with Crippen molar-refractivity contribution in [2.24, 2.45) is 5.84 Å². The highest BCUT2D eigenvalue weighted by atomic mass is 16.5. The third-order valence-corrected chi connectivity index (χ3v) is 4.03. The summed E-state index contributed by atoms with van der Waals surface area (Å²) in [4.78, 5) is 0. The molecule has 18 heavy (non-hydrogen) atoms. The van der Waals surface area contributed by atoms with Crippen molar-refractivity contribution >= 4 is 0 Å². The molecule has 0 amide bonds. The van der Waals surface area contributed by atoms with Gasteiger partial charge in [-0.2, -0.15) is 0 Å². The van der Waals surface area contributed by atoms with Gasteiger partial charge in [-0.1, -0.05) is 12.1 Å². The lowest BCUT2D eigenvalue weighted by molar-refractivity contribution is 0.0314. The van der Waals surface area contributed by atoms with E-state index in [2.05, 4.69) is 45.3 Å². The molecule has 0 aliphatic carbocycles. The van der Waals surface area contributed by atoms with E-state index in [0.717, 1.165) is 12.8 Å². The standard InChI is InChI=1S/C15H24N2O/c1-9-7-11(3)13(8-10(9)2)15(17-16)14-6-5-12(4)18-14/h7-8,12,14-15,17H,5-6,16H2,1-4H3. The molecule has 0 spiro atoms. The Bertz CT molecular complexity index is 431. The average Bonchev–Trinajstić information content (AvgIpc) is 2.73. The maximum absolute atomic E-state index is 5.95. The van der Waals surface area contributed by atoms with Crippen molar-refractivity contribution < 1.29 is 4.74 Å². The smallest absolute Gasteiger partial charge is 0.0787 e. The number of nitrogens with one attached hydrogen (secondary N) is 1. The van der Waals surface area contributed by atoms with Crippen molar-refractivity contribution in [1.29, 1.82) is 0 Å². The number of rotatable bonds is 3. The Morgan fingerprint density at radius 1 is 1.17 bits per heavy atom.